The van der Waals surface area contributed by atoms with Gasteiger partial charge in [-0.15, -0.1) is 0 Å². The molecule has 1 aliphatic heterocycles. The van der Waals surface area contributed by atoms with Gasteiger partial charge in [0.15, 0.2) is 0 Å². The van der Waals surface area contributed by atoms with Gasteiger partial charge in [0.1, 0.15) is 6.29 Å². The molecular weight excluding hydrogens is 210 g/mol. The maximum Gasteiger partial charge on any atom is 0.150 e. The van der Waals surface area contributed by atoms with E-state index in [0.717, 1.165) is 24.9 Å². The second kappa shape index (κ2) is 4.91. The minimum Gasteiger partial charge on any atom is -0.371 e. The summed E-state index contributed by atoms with van der Waals surface area (Å²) in [6, 6.07) is 7.93. The van der Waals surface area contributed by atoms with Crippen molar-refractivity contribution in [3.63, 3.8) is 0 Å². The van der Waals surface area contributed by atoms with Gasteiger partial charge in [-0.3, -0.25) is 4.79 Å². The van der Waals surface area contributed by atoms with Gasteiger partial charge in [0.25, 0.3) is 0 Å². The molecule has 17 heavy (non-hydrogen) atoms. The summed E-state index contributed by atoms with van der Waals surface area (Å²) in [6.45, 7) is 6.88. The molecule has 0 bridgehead atoms. The molecule has 1 fully saturated rings. The number of carbonyl (C=O) groups is 1. The third-order valence-corrected chi connectivity index (χ3v) is 4.33. The highest BCUT2D eigenvalue weighted by Gasteiger charge is 2.34. The molecule has 1 heterocycles. The number of rotatable bonds is 4. The van der Waals surface area contributed by atoms with Gasteiger partial charge < -0.3 is 4.90 Å². The number of anilines is 1. The van der Waals surface area contributed by atoms with E-state index in [-0.39, 0.29) is 0 Å². The molecule has 0 radical (unpaired) electrons. The molecule has 0 N–H and O–H groups in total. The first-order valence-corrected chi connectivity index (χ1v) is 6.53. The zero-order chi connectivity index (χ0) is 12.3. The molecule has 1 aromatic carbocycles. The number of aldehydes is 1. The maximum absolute atomic E-state index is 10.6. The summed E-state index contributed by atoms with van der Waals surface area (Å²) in [5.74, 6) is 0. The van der Waals surface area contributed by atoms with Crippen LogP contribution in [0, 0.1) is 5.41 Å². The van der Waals surface area contributed by atoms with Crippen LogP contribution in [0.4, 0.5) is 5.69 Å². The molecular formula is C15H21NO. The standard InChI is InChI=1S/C15H21NO/c1-3-15(4-2)9-10-16(12-15)14-7-5-13(11-17)6-8-14/h5-8,11H,3-4,9-10,12H2,1-2H3. The monoisotopic (exact) mass is 231 g/mol. The molecule has 2 nitrogen and oxygen atoms in total. The molecule has 0 saturated carbocycles. The molecule has 92 valence electrons. The molecule has 0 aliphatic carbocycles. The summed E-state index contributed by atoms with van der Waals surface area (Å²) in [6.07, 6.45) is 4.70. The fourth-order valence-electron chi connectivity index (χ4n) is 2.75. The van der Waals surface area contributed by atoms with Gasteiger partial charge in [0.05, 0.1) is 0 Å². The second-order valence-corrected chi connectivity index (χ2v) is 5.09. The van der Waals surface area contributed by atoms with Gasteiger partial charge in [-0.2, -0.15) is 0 Å². The predicted octanol–water partition coefficient (Wildman–Crippen LogP) is 3.52. The molecule has 2 heteroatoms. The molecule has 2 rings (SSSR count). The van der Waals surface area contributed by atoms with Crippen molar-refractivity contribution in [2.75, 3.05) is 18.0 Å². The van der Waals surface area contributed by atoms with Crippen molar-refractivity contribution < 1.29 is 4.79 Å². The normalized spacial score (nSPS) is 18.4. The van der Waals surface area contributed by atoms with E-state index in [1.807, 2.05) is 12.1 Å². The number of hydrogen-bond acceptors (Lipinski definition) is 2. The predicted molar refractivity (Wildman–Crippen MR) is 71.7 cm³/mol. The van der Waals surface area contributed by atoms with Crippen molar-refractivity contribution in [1.82, 2.24) is 0 Å². The van der Waals surface area contributed by atoms with Gasteiger partial charge in [-0.1, -0.05) is 13.8 Å². The van der Waals surface area contributed by atoms with Crippen molar-refractivity contribution in [3.05, 3.63) is 29.8 Å². The van der Waals surface area contributed by atoms with Crippen LogP contribution in [0.25, 0.3) is 0 Å². The van der Waals surface area contributed by atoms with Gasteiger partial charge in [0.2, 0.25) is 0 Å². The fraction of sp³-hybridized carbons (Fsp3) is 0.533. The minimum atomic E-state index is 0.503. The van der Waals surface area contributed by atoms with Gasteiger partial charge >= 0.3 is 0 Å². The Morgan fingerprint density at radius 2 is 1.88 bits per heavy atom. The summed E-state index contributed by atoms with van der Waals surface area (Å²) in [5, 5.41) is 0. The van der Waals surface area contributed by atoms with Crippen molar-refractivity contribution in [2.24, 2.45) is 5.41 Å². The highest BCUT2D eigenvalue weighted by molar-refractivity contribution is 5.75. The van der Waals surface area contributed by atoms with E-state index < -0.39 is 0 Å². The number of benzene rings is 1. The van der Waals surface area contributed by atoms with Crippen molar-refractivity contribution >= 4 is 12.0 Å². The first-order chi connectivity index (χ1) is 8.23. The summed E-state index contributed by atoms with van der Waals surface area (Å²) in [7, 11) is 0. The van der Waals surface area contributed by atoms with E-state index in [0.29, 0.717) is 5.41 Å². The van der Waals surface area contributed by atoms with Crippen LogP contribution in [-0.2, 0) is 0 Å². The lowest BCUT2D eigenvalue weighted by molar-refractivity contribution is 0.112. The third-order valence-electron chi connectivity index (χ3n) is 4.33. The maximum atomic E-state index is 10.6. The van der Waals surface area contributed by atoms with Gasteiger partial charge in [0, 0.05) is 24.3 Å². The number of nitrogens with zero attached hydrogens (tertiary/aromatic N) is 1. The van der Waals surface area contributed by atoms with Crippen LogP contribution in [0.15, 0.2) is 24.3 Å². The van der Waals surface area contributed by atoms with Gasteiger partial charge in [-0.05, 0) is 48.9 Å². The van der Waals surface area contributed by atoms with Crippen LogP contribution in [-0.4, -0.2) is 19.4 Å². The summed E-state index contributed by atoms with van der Waals surface area (Å²) >= 11 is 0. The van der Waals surface area contributed by atoms with Crippen LogP contribution in [0.1, 0.15) is 43.5 Å². The van der Waals surface area contributed by atoms with E-state index in [9.17, 15) is 4.79 Å². The smallest absolute Gasteiger partial charge is 0.150 e. The van der Waals surface area contributed by atoms with Crippen LogP contribution in [0.5, 0.6) is 0 Å². The van der Waals surface area contributed by atoms with Crippen molar-refractivity contribution in [2.45, 2.75) is 33.1 Å². The quantitative estimate of drug-likeness (QED) is 0.739. The van der Waals surface area contributed by atoms with Crippen LogP contribution < -0.4 is 4.90 Å². The van der Waals surface area contributed by atoms with Crippen molar-refractivity contribution in [1.29, 1.82) is 0 Å². The first kappa shape index (κ1) is 12.2. The molecule has 0 unspecified atom stereocenters. The summed E-state index contributed by atoms with van der Waals surface area (Å²) in [5.41, 5.74) is 2.51. The van der Waals surface area contributed by atoms with E-state index in [1.54, 1.807) is 0 Å². The van der Waals surface area contributed by atoms with Crippen molar-refractivity contribution in [3.8, 4) is 0 Å². The van der Waals surface area contributed by atoms with Crippen LogP contribution in [0.2, 0.25) is 0 Å². The van der Waals surface area contributed by atoms with E-state index >= 15 is 0 Å². The lowest BCUT2D eigenvalue weighted by Gasteiger charge is -2.27. The second-order valence-electron chi connectivity index (χ2n) is 5.09. The third kappa shape index (κ3) is 2.36. The van der Waals surface area contributed by atoms with Crippen LogP contribution in [0.3, 0.4) is 0 Å². The highest BCUT2D eigenvalue weighted by atomic mass is 16.1. The van der Waals surface area contributed by atoms with E-state index in [4.69, 9.17) is 0 Å². The average Bonchev–Trinajstić information content (AvgIpc) is 2.84. The Balaban J connectivity index is 2.11. The van der Waals surface area contributed by atoms with Crippen LogP contribution >= 0.6 is 0 Å². The molecule has 0 amide bonds. The Morgan fingerprint density at radius 3 is 2.35 bits per heavy atom. The lowest BCUT2D eigenvalue weighted by Crippen LogP contribution is -2.26. The topological polar surface area (TPSA) is 20.3 Å². The summed E-state index contributed by atoms with van der Waals surface area (Å²) in [4.78, 5) is 13.1. The van der Waals surface area contributed by atoms with E-state index in [1.165, 1.54) is 24.9 Å². The average molecular weight is 231 g/mol. The molecule has 0 spiro atoms. The number of hydrogen-bond donors (Lipinski definition) is 0. The Hall–Kier alpha value is -1.31. The fourth-order valence-corrected chi connectivity index (χ4v) is 2.75. The van der Waals surface area contributed by atoms with E-state index in [2.05, 4.69) is 30.9 Å². The lowest BCUT2D eigenvalue weighted by atomic mass is 9.82. The minimum absolute atomic E-state index is 0.503. The molecule has 1 saturated heterocycles. The molecule has 0 atom stereocenters. The van der Waals surface area contributed by atoms with Gasteiger partial charge in [-0.25, -0.2) is 0 Å². The Kier molecular flexibility index (Phi) is 3.51. The SMILES string of the molecule is CCC1(CC)CCN(c2ccc(C=O)cc2)C1. The molecule has 1 aromatic rings. The number of carbonyl (C=O) groups excluding carboxylic acids is 1. The Morgan fingerprint density at radius 1 is 1.24 bits per heavy atom. The highest BCUT2D eigenvalue weighted by Crippen LogP contribution is 2.38. The summed E-state index contributed by atoms with van der Waals surface area (Å²) < 4.78 is 0. The zero-order valence-electron chi connectivity index (χ0n) is 10.8. The Labute approximate surface area is 104 Å². The largest absolute Gasteiger partial charge is 0.371 e. The first-order valence-electron chi connectivity index (χ1n) is 6.53. The molecule has 1 aliphatic rings. The zero-order valence-corrected chi connectivity index (χ0v) is 10.8. The Bertz CT molecular complexity index is 378. The molecule has 0 aromatic heterocycles.